The molecule has 5 aromatic rings. The summed E-state index contributed by atoms with van der Waals surface area (Å²) in [6, 6.07) is 29.5. The van der Waals surface area contributed by atoms with E-state index < -0.39 is 52.7 Å². The molecule has 0 fully saturated rings. The third kappa shape index (κ3) is 40.1. The predicted molar refractivity (Wildman–Crippen MR) is 416 cm³/mol. The first-order chi connectivity index (χ1) is 47.9. The molecule has 0 saturated heterocycles. The summed E-state index contributed by atoms with van der Waals surface area (Å²) in [5, 5.41) is 38.4. The van der Waals surface area contributed by atoms with Crippen molar-refractivity contribution in [3.05, 3.63) is 147 Å². The van der Waals surface area contributed by atoms with E-state index in [1.807, 2.05) is 46.9 Å². The number of nitrogens with two attached hydrogens (primary N) is 5. The number of hydrogen-bond donors (Lipinski definition) is 14. The molecule has 0 aliphatic rings. The van der Waals surface area contributed by atoms with E-state index in [1.165, 1.54) is 89.6 Å². The van der Waals surface area contributed by atoms with Crippen LogP contribution in [0.1, 0.15) is 113 Å². The van der Waals surface area contributed by atoms with Crippen LogP contribution >= 0.6 is 117 Å². The summed E-state index contributed by atoms with van der Waals surface area (Å²) >= 11 is 21.1. The molecular formula is C65H82Cl2N14O13S8. The molecule has 0 heterocycles. The molecule has 19 N–H and O–H groups in total. The molecule has 0 unspecified atom stereocenters. The fourth-order valence-electron chi connectivity index (χ4n) is 6.77. The van der Waals surface area contributed by atoms with Crippen LogP contribution in [0.4, 0.5) is 9.59 Å². The van der Waals surface area contributed by atoms with E-state index in [-0.39, 0.29) is 91.0 Å². The van der Waals surface area contributed by atoms with Gasteiger partial charge >= 0.3 is 5.30 Å². The number of ether oxygens (including phenoxy) is 1. The Balaban J connectivity index is 0.000000640. The second kappa shape index (κ2) is 49.7. The number of benzene rings is 5. The van der Waals surface area contributed by atoms with E-state index in [9.17, 15) is 57.5 Å². The molecule has 0 saturated carbocycles. The van der Waals surface area contributed by atoms with Crippen LogP contribution in [0, 0.1) is 22.1 Å². The van der Waals surface area contributed by atoms with Gasteiger partial charge in [0.2, 0.25) is 29.5 Å². The smallest absolute Gasteiger partial charge is 0.372 e. The summed E-state index contributed by atoms with van der Waals surface area (Å²) < 4.78 is 6.28. The molecule has 0 bridgehead atoms. The molecular weight excluding hydrogens is 1510 g/mol. The van der Waals surface area contributed by atoms with Crippen LogP contribution in [0.15, 0.2) is 134 Å². The number of halogens is 2. The zero-order chi connectivity index (χ0) is 77.2. The molecule has 102 heavy (non-hydrogen) atoms. The number of rotatable bonds is 25. The summed E-state index contributed by atoms with van der Waals surface area (Å²) in [5.41, 5.74) is 26.6. The lowest BCUT2D eigenvalue weighted by atomic mass is 10.1. The van der Waals surface area contributed by atoms with Gasteiger partial charge in [-0.05, 0) is 149 Å². The molecule has 0 radical (unpaired) electrons. The van der Waals surface area contributed by atoms with E-state index >= 15 is 0 Å². The summed E-state index contributed by atoms with van der Waals surface area (Å²) in [5.74, 6) is -4.28. The highest BCUT2D eigenvalue weighted by molar-refractivity contribution is 8.39. The Bertz CT molecular complexity index is 3800. The highest BCUT2D eigenvalue weighted by Gasteiger charge is 2.22. The van der Waals surface area contributed by atoms with E-state index in [0.717, 1.165) is 28.4 Å². The maximum absolute atomic E-state index is 12.2. The topological polar surface area (TPSA) is 488 Å². The van der Waals surface area contributed by atoms with Crippen LogP contribution in [-0.4, -0.2) is 146 Å². The Hall–Kier alpha value is -7.87. The summed E-state index contributed by atoms with van der Waals surface area (Å²) in [6.07, 6.45) is 5.59. The Kier molecular flexibility index (Phi) is 44.9. The molecule has 11 amide bonds. The zero-order valence-electron chi connectivity index (χ0n) is 56.9. The van der Waals surface area contributed by atoms with Gasteiger partial charge in [0.05, 0.1) is 41.0 Å². The summed E-state index contributed by atoms with van der Waals surface area (Å²) in [7, 11) is 0. The quantitative estimate of drug-likeness (QED) is 0.0112. The number of thioether (sulfide) groups is 8. The van der Waals surface area contributed by atoms with Crippen molar-refractivity contribution in [3.8, 4) is 0 Å². The molecule has 0 aliphatic carbocycles. The lowest BCUT2D eigenvalue weighted by Gasteiger charge is -2.20. The second-order valence-electron chi connectivity index (χ2n) is 21.5. The van der Waals surface area contributed by atoms with Crippen molar-refractivity contribution in [1.29, 1.82) is 16.2 Å². The predicted octanol–water partition coefficient (Wildman–Crippen LogP) is 10.0. The van der Waals surface area contributed by atoms with Gasteiger partial charge in [-0.15, -0.1) is 35.3 Å². The molecule has 5 aromatic carbocycles. The van der Waals surface area contributed by atoms with Crippen LogP contribution in [0.2, 0.25) is 10.0 Å². The number of carbonyl (C=O) groups is 12. The number of nitrogens with one attached hydrogen (secondary N) is 9. The fourth-order valence-corrected chi connectivity index (χ4v) is 12.4. The summed E-state index contributed by atoms with van der Waals surface area (Å²) in [4.78, 5) is 141. The first kappa shape index (κ1) is 92.1. The van der Waals surface area contributed by atoms with Crippen molar-refractivity contribution in [2.75, 3.05) is 51.6 Å². The van der Waals surface area contributed by atoms with Gasteiger partial charge in [0.1, 0.15) is 19.2 Å². The molecule has 0 aliphatic heterocycles. The Morgan fingerprint density at radius 2 is 0.784 bits per heavy atom. The van der Waals surface area contributed by atoms with Crippen molar-refractivity contribution in [2.24, 2.45) is 34.6 Å². The van der Waals surface area contributed by atoms with E-state index in [2.05, 4.69) is 31.9 Å². The number of hydrogen-bond acceptors (Lipinski definition) is 24. The first-order valence-corrected chi connectivity index (χ1v) is 38.4. The molecule has 37 heteroatoms. The van der Waals surface area contributed by atoms with E-state index in [0.29, 0.717) is 66.1 Å². The molecule has 0 aromatic heterocycles. The van der Waals surface area contributed by atoms with Gasteiger partial charge in [-0.1, -0.05) is 109 Å². The Morgan fingerprint density at radius 3 is 1.12 bits per heavy atom. The van der Waals surface area contributed by atoms with Gasteiger partial charge in [-0.3, -0.25) is 69.0 Å². The normalized spacial score (nSPS) is 10.6. The van der Waals surface area contributed by atoms with Crippen molar-refractivity contribution in [1.82, 2.24) is 31.9 Å². The van der Waals surface area contributed by atoms with Gasteiger partial charge in [-0.25, -0.2) is 4.79 Å². The first-order valence-electron chi connectivity index (χ1n) is 29.9. The highest BCUT2D eigenvalue weighted by Crippen LogP contribution is 2.32. The van der Waals surface area contributed by atoms with Gasteiger partial charge < -0.3 is 65.3 Å². The molecule has 552 valence electrons. The van der Waals surface area contributed by atoms with Crippen LogP contribution in [0.3, 0.4) is 0 Å². The van der Waals surface area contributed by atoms with Crippen molar-refractivity contribution >= 4 is 200 Å². The number of primary amides is 5. The van der Waals surface area contributed by atoms with Gasteiger partial charge in [0.15, 0.2) is 0 Å². The largest absolute Gasteiger partial charge is 0.457 e. The standard InChI is InChI=1S/C15H20ClN3O3S.C15H19ClN2O4S.2C12H15N3O2S2.C11H13N3O2S2/c1-15(2,3)19-14(22)23-11-5-4-9(16)8-10(11)13(21)18-7-6-12(17)20;1-9(2)8-22-15(21)23-12-4-3-10(16)7-11(12)14(20)18-6-5-13(17)19;1-7(10(13)16)15-11(17)8-5-3-4-6-9(8)19-12(14)18-2;1-18-12(14)19-9-5-3-2-4-8(9)11(17)15-7-6-10(13)16;1-17-11(13)18-8-5-3-2-4-7(8)10(16)14-6-9(12)15/h4-5,8H,6-7H2,1-3H3,(H2,17,20)(H,18,21)(H,19,22);3-4,7,9H,5-6,8H2,1-2H3,(H2,17,19)(H,18,20);3-7,14H,1-2H3,(H2,13,16)(H,15,17);2-5,14H,6-7H2,1H3,(H2,13,16)(H,15,17);2-5,13H,6H2,1H3,(H2,12,15)(H,14,16)/t;;7-;;/m..1../s1. The second-order valence-corrected chi connectivity index (χ2v) is 30.8. The van der Waals surface area contributed by atoms with Crippen molar-refractivity contribution in [2.45, 2.75) is 96.9 Å². The van der Waals surface area contributed by atoms with Crippen LogP contribution < -0.4 is 60.6 Å². The molecule has 1 atom stereocenters. The zero-order valence-corrected chi connectivity index (χ0v) is 65.0. The molecule has 27 nitrogen and oxygen atoms in total. The lowest BCUT2D eigenvalue weighted by molar-refractivity contribution is -0.120. The number of amides is 11. The van der Waals surface area contributed by atoms with Crippen LogP contribution in [0.25, 0.3) is 0 Å². The minimum atomic E-state index is -0.731. The lowest BCUT2D eigenvalue weighted by Crippen LogP contribution is -2.42. The minimum Gasteiger partial charge on any atom is -0.457 e. The van der Waals surface area contributed by atoms with Crippen molar-refractivity contribution < 1.29 is 62.3 Å². The summed E-state index contributed by atoms with van der Waals surface area (Å²) in [6.45, 7) is 11.5. The third-order valence-electron chi connectivity index (χ3n) is 11.5. The highest BCUT2D eigenvalue weighted by atomic mass is 35.5. The minimum absolute atomic E-state index is 0.0329. The fraction of sp³-hybridized carbons (Fsp3) is 0.308. The van der Waals surface area contributed by atoms with Gasteiger partial charge in [0.25, 0.3) is 34.8 Å². The Labute approximate surface area is 635 Å². The molecule has 5 rings (SSSR count). The Morgan fingerprint density at radius 1 is 0.451 bits per heavy atom. The average Bonchev–Trinajstić information content (AvgIpc) is 0.872. The SMILES string of the molecule is CC(C)(C)NC(=O)Sc1ccc(Cl)cc1C(=O)NCCC(N)=O.CC(C)COC(=O)Sc1ccc(Cl)cc1C(=O)NCCC(N)=O.CSC(=N)Sc1ccccc1C(=O)NCC(N)=O.CSC(=N)Sc1ccccc1C(=O)NCCC(N)=O.CSC(=N)Sc1ccccc1C(=O)N[C@H](C)C(N)=O. The number of carbonyl (C=O) groups excluding carboxylic acids is 12. The molecule has 0 spiro atoms. The van der Waals surface area contributed by atoms with Gasteiger partial charge in [0, 0.05) is 79.0 Å². The van der Waals surface area contributed by atoms with Gasteiger partial charge in [-0.2, -0.15) is 0 Å². The monoisotopic (exact) mass is 1590 g/mol. The van der Waals surface area contributed by atoms with Crippen LogP contribution in [0.5, 0.6) is 0 Å². The van der Waals surface area contributed by atoms with E-state index in [4.69, 9.17) is 72.8 Å². The maximum Gasteiger partial charge on any atom is 0.372 e. The van der Waals surface area contributed by atoms with Crippen molar-refractivity contribution in [3.63, 3.8) is 0 Å². The van der Waals surface area contributed by atoms with E-state index in [1.54, 1.807) is 104 Å². The third-order valence-corrected chi connectivity index (χ3v) is 19.3. The van der Waals surface area contributed by atoms with Crippen LogP contribution in [-0.2, 0) is 28.7 Å². The average molecular weight is 1590 g/mol. The maximum atomic E-state index is 12.2.